The highest BCUT2D eigenvalue weighted by Crippen LogP contribution is 2.39. The van der Waals surface area contributed by atoms with Crippen molar-refractivity contribution in [2.24, 2.45) is 22.6 Å². The third-order valence-corrected chi connectivity index (χ3v) is 6.74. The first-order valence-electron chi connectivity index (χ1n) is 14.6. The maximum Gasteiger partial charge on any atom is 0.242 e. The van der Waals surface area contributed by atoms with Crippen molar-refractivity contribution in [1.82, 2.24) is 19.8 Å². The van der Waals surface area contributed by atoms with Gasteiger partial charge in [-0.15, -0.1) is 0 Å². The maximum absolute atomic E-state index is 14.9. The van der Waals surface area contributed by atoms with Crippen molar-refractivity contribution in [2.75, 3.05) is 40.5 Å². The van der Waals surface area contributed by atoms with Crippen molar-refractivity contribution in [2.45, 2.75) is 52.2 Å². The molecule has 250 valence electrons. The Morgan fingerprint density at radius 1 is 1.04 bits per heavy atom. The van der Waals surface area contributed by atoms with Gasteiger partial charge in [0, 0.05) is 32.0 Å². The molecule has 2 unspecified atom stereocenters. The Balaban J connectivity index is 0.00000243. The molecule has 0 spiro atoms. The fourth-order valence-electron chi connectivity index (χ4n) is 4.74. The summed E-state index contributed by atoms with van der Waals surface area (Å²) in [7, 11) is 1.50. The van der Waals surface area contributed by atoms with Gasteiger partial charge in [0.2, 0.25) is 11.8 Å². The van der Waals surface area contributed by atoms with E-state index >= 15 is 0 Å². The first kappa shape index (κ1) is 39.2. The van der Waals surface area contributed by atoms with E-state index in [0.717, 1.165) is 30.9 Å². The molecule has 13 heteroatoms. The average molecular weight is 636 g/mol. The molecule has 1 aromatic heterocycles. The van der Waals surface area contributed by atoms with E-state index < -0.39 is 35.0 Å². The Morgan fingerprint density at radius 3 is 2.27 bits per heavy atom. The molecule has 1 heterocycles. The molecule has 0 saturated carbocycles. The summed E-state index contributed by atoms with van der Waals surface area (Å²) in [5, 5.41) is 9.62. The van der Waals surface area contributed by atoms with Crippen molar-refractivity contribution in [1.29, 1.82) is 0 Å². The van der Waals surface area contributed by atoms with E-state index in [4.69, 9.17) is 27.3 Å². The number of benzene rings is 2. The van der Waals surface area contributed by atoms with Crippen molar-refractivity contribution in [3.05, 3.63) is 77.8 Å². The van der Waals surface area contributed by atoms with Crippen molar-refractivity contribution < 1.29 is 27.9 Å². The molecular weight excluding hydrogens is 587 g/mol. The molecule has 8 N–H and O–H groups in total. The molecule has 0 saturated heterocycles. The number of aliphatic hydroxyl groups excluding tert-OH is 1. The molecule has 3 rings (SSSR count). The number of imidazole rings is 1. The van der Waals surface area contributed by atoms with Crippen LogP contribution < -0.4 is 22.5 Å². The molecule has 0 aliphatic heterocycles. The van der Waals surface area contributed by atoms with Crippen LogP contribution in [0.3, 0.4) is 0 Å². The van der Waals surface area contributed by atoms with Crippen molar-refractivity contribution in [3.8, 4) is 11.3 Å². The number of nitrogens with one attached hydrogen (secondary N) is 1. The summed E-state index contributed by atoms with van der Waals surface area (Å²) >= 11 is 0. The molecule has 0 aliphatic rings. The number of alkyl halides is 1. The van der Waals surface area contributed by atoms with Gasteiger partial charge in [-0.25, -0.2) is 13.8 Å². The molecule has 0 aliphatic carbocycles. The fourth-order valence-corrected chi connectivity index (χ4v) is 4.74. The lowest BCUT2D eigenvalue weighted by Crippen LogP contribution is -2.49. The first-order valence-corrected chi connectivity index (χ1v) is 14.6. The SMILES string of the molecule is CC(C)(C)C(c1nc(-c2cc(F)ccc2F)cn1Cc1ccccc1)N(CCCN)C(=O)CNC(=O)C(N)CCN.CF.CO. The van der Waals surface area contributed by atoms with Crippen LogP contribution in [0.25, 0.3) is 11.3 Å². The van der Waals surface area contributed by atoms with E-state index in [2.05, 4.69) is 5.32 Å². The molecule has 0 radical (unpaired) electrons. The van der Waals surface area contributed by atoms with Crippen LogP contribution >= 0.6 is 0 Å². The number of carbonyl (C=O) groups is 2. The monoisotopic (exact) mass is 635 g/mol. The van der Waals surface area contributed by atoms with Gasteiger partial charge in [-0.3, -0.25) is 14.0 Å². The maximum atomic E-state index is 14.9. The minimum absolute atomic E-state index is 0.0201. The number of nitrogens with zero attached hydrogens (tertiary/aromatic N) is 3. The molecule has 3 aromatic rings. The number of aliphatic hydroxyl groups is 1. The van der Waals surface area contributed by atoms with Gasteiger partial charge >= 0.3 is 0 Å². The highest BCUT2D eigenvalue weighted by molar-refractivity contribution is 5.87. The van der Waals surface area contributed by atoms with Crippen LogP contribution in [0.4, 0.5) is 13.2 Å². The van der Waals surface area contributed by atoms with Gasteiger partial charge < -0.3 is 37.1 Å². The highest BCUT2D eigenvalue weighted by atomic mass is 19.1. The zero-order chi connectivity index (χ0) is 34.2. The topological polar surface area (TPSA) is 166 Å². The zero-order valence-electron chi connectivity index (χ0n) is 26.8. The summed E-state index contributed by atoms with van der Waals surface area (Å²) in [6.45, 7) is 6.90. The van der Waals surface area contributed by atoms with Crippen LogP contribution in [-0.2, 0) is 16.1 Å². The van der Waals surface area contributed by atoms with Crippen LogP contribution in [-0.4, -0.2) is 77.9 Å². The Hall–Kier alpha value is -3.78. The lowest BCUT2D eigenvalue weighted by molar-refractivity contribution is -0.137. The lowest BCUT2D eigenvalue weighted by Gasteiger charge is -2.40. The molecule has 10 nitrogen and oxygen atoms in total. The van der Waals surface area contributed by atoms with Crippen LogP contribution in [0.5, 0.6) is 0 Å². The molecule has 2 amide bonds. The number of hydrogen-bond donors (Lipinski definition) is 5. The van der Waals surface area contributed by atoms with E-state index in [1.54, 1.807) is 11.1 Å². The van der Waals surface area contributed by atoms with Gasteiger partial charge in [-0.05, 0) is 55.1 Å². The zero-order valence-corrected chi connectivity index (χ0v) is 26.8. The number of hydrogen-bond acceptors (Lipinski definition) is 7. The van der Waals surface area contributed by atoms with Gasteiger partial charge in [0.1, 0.15) is 17.5 Å². The first-order chi connectivity index (χ1) is 21.5. The smallest absolute Gasteiger partial charge is 0.242 e. The summed E-state index contributed by atoms with van der Waals surface area (Å²) in [6, 6.07) is 11.4. The Labute approximate surface area is 263 Å². The van der Waals surface area contributed by atoms with E-state index in [-0.39, 0.29) is 36.7 Å². The normalized spacial score (nSPS) is 12.2. The molecule has 45 heavy (non-hydrogen) atoms. The van der Waals surface area contributed by atoms with E-state index in [9.17, 15) is 22.8 Å². The second kappa shape index (κ2) is 19.6. The standard InChI is InChI=1S/C30H41F2N7O2.CH3F.CH4O/c1-30(2,3)27(39(15-7-13-33)26(40)17-36-29(41)24(35)12-14-34)28-37-25(22-16-21(31)10-11-23(22)32)19-38(28)18-20-8-5-4-6-9-20;2*1-2/h4-6,8-11,16,19,24,27H,7,12-15,17-18,33-35H2,1-3H3,(H,36,41);1H3;2H,1H3. The summed E-state index contributed by atoms with van der Waals surface area (Å²) in [5.41, 5.74) is 17.9. The number of rotatable bonds is 13. The number of amides is 2. The number of aromatic nitrogens is 2. The highest BCUT2D eigenvalue weighted by Gasteiger charge is 2.38. The molecule has 2 aromatic carbocycles. The van der Waals surface area contributed by atoms with Gasteiger partial charge in [-0.1, -0.05) is 51.1 Å². The summed E-state index contributed by atoms with van der Waals surface area (Å²) < 4.78 is 40.4. The van der Waals surface area contributed by atoms with Gasteiger partial charge in [0.05, 0.1) is 31.5 Å². The van der Waals surface area contributed by atoms with Crippen LogP contribution in [0.1, 0.15) is 51.0 Å². The Bertz CT molecular complexity index is 1320. The predicted molar refractivity (Wildman–Crippen MR) is 171 cm³/mol. The average Bonchev–Trinajstić information content (AvgIpc) is 3.43. The summed E-state index contributed by atoms with van der Waals surface area (Å²) in [5.74, 6) is -1.52. The number of carbonyl (C=O) groups excluding carboxylic acids is 2. The minimum atomic E-state index is -0.822. The minimum Gasteiger partial charge on any atom is -0.400 e. The lowest BCUT2D eigenvalue weighted by atomic mass is 9.84. The third-order valence-electron chi connectivity index (χ3n) is 6.74. The molecule has 2 atom stereocenters. The van der Waals surface area contributed by atoms with E-state index in [0.29, 0.717) is 39.1 Å². The molecule has 0 bridgehead atoms. The number of nitrogens with two attached hydrogens (primary N) is 3. The second-order valence-corrected chi connectivity index (χ2v) is 11.1. The predicted octanol–water partition coefficient (Wildman–Crippen LogP) is 3.13. The van der Waals surface area contributed by atoms with Crippen LogP contribution in [0.2, 0.25) is 0 Å². The van der Waals surface area contributed by atoms with Crippen molar-refractivity contribution in [3.63, 3.8) is 0 Å². The summed E-state index contributed by atoms with van der Waals surface area (Å²) in [6.07, 6.45) is 2.47. The van der Waals surface area contributed by atoms with Crippen LogP contribution in [0.15, 0.2) is 54.7 Å². The van der Waals surface area contributed by atoms with Gasteiger partial charge in [0.15, 0.2) is 0 Å². The molecule has 0 fully saturated rings. The molecular formula is C32H48F3N7O3. The van der Waals surface area contributed by atoms with Gasteiger partial charge in [-0.2, -0.15) is 0 Å². The van der Waals surface area contributed by atoms with E-state index in [1.165, 1.54) is 0 Å². The summed E-state index contributed by atoms with van der Waals surface area (Å²) in [4.78, 5) is 32.6. The Kier molecular flexibility index (Phi) is 17.1. The van der Waals surface area contributed by atoms with Crippen LogP contribution in [0, 0.1) is 17.0 Å². The van der Waals surface area contributed by atoms with E-state index in [1.807, 2.05) is 55.7 Å². The van der Waals surface area contributed by atoms with Gasteiger partial charge in [0.25, 0.3) is 0 Å². The second-order valence-electron chi connectivity index (χ2n) is 11.1. The van der Waals surface area contributed by atoms with Crippen molar-refractivity contribution >= 4 is 11.8 Å². The number of halogens is 3. The largest absolute Gasteiger partial charge is 0.400 e. The Morgan fingerprint density at radius 2 is 1.69 bits per heavy atom. The quantitative estimate of drug-likeness (QED) is 0.193. The fraction of sp³-hybridized carbons (Fsp3) is 0.469. The third kappa shape index (κ3) is 11.6.